The van der Waals surface area contributed by atoms with Gasteiger partial charge >= 0.3 is 5.97 Å². The van der Waals surface area contributed by atoms with Crippen LogP contribution < -0.4 is 4.74 Å². The fourth-order valence-electron chi connectivity index (χ4n) is 2.20. The molecular weight excluding hydrogens is 286 g/mol. The zero-order valence-electron chi connectivity index (χ0n) is 12.8. The summed E-state index contributed by atoms with van der Waals surface area (Å²) in [5.74, 6) is -0.374. The first-order chi connectivity index (χ1) is 10.5. The molecule has 0 aromatic heterocycles. The summed E-state index contributed by atoms with van der Waals surface area (Å²) in [6.07, 6.45) is 0. The van der Waals surface area contributed by atoms with Gasteiger partial charge in [-0.1, -0.05) is 19.9 Å². The summed E-state index contributed by atoms with van der Waals surface area (Å²) in [7, 11) is 0. The average Bonchev–Trinajstić information content (AvgIpc) is 2.52. The quantitative estimate of drug-likeness (QED) is 0.895. The van der Waals surface area contributed by atoms with Crippen LogP contribution in [0.3, 0.4) is 0 Å². The molecule has 1 saturated heterocycles. The molecule has 1 fully saturated rings. The number of amides is 1. The topological polar surface area (TPSA) is 76.1 Å². The van der Waals surface area contributed by atoms with Crippen LogP contribution >= 0.6 is 0 Å². The van der Waals surface area contributed by atoms with E-state index in [4.69, 9.17) is 9.47 Å². The third-order valence-corrected chi connectivity index (χ3v) is 3.34. The molecule has 1 aromatic rings. The lowest BCUT2D eigenvalue weighted by Crippen LogP contribution is -2.52. The standard InChI is InChI=1S/C16H21NO5/c1-11(2)9-22-13-5-3-4-12(8-13)15(18)17-6-7-21-10-14(17)16(19)20/h3-5,8,11,14H,6-7,9-10H2,1-2H3,(H,19,20). The summed E-state index contributed by atoms with van der Waals surface area (Å²) in [6, 6.07) is 5.89. The van der Waals surface area contributed by atoms with E-state index in [1.807, 2.05) is 13.8 Å². The summed E-state index contributed by atoms with van der Waals surface area (Å²) in [5.41, 5.74) is 0.425. The van der Waals surface area contributed by atoms with Gasteiger partial charge < -0.3 is 19.5 Å². The average molecular weight is 307 g/mol. The Labute approximate surface area is 129 Å². The van der Waals surface area contributed by atoms with Gasteiger partial charge in [-0.3, -0.25) is 4.79 Å². The Morgan fingerprint density at radius 1 is 1.45 bits per heavy atom. The van der Waals surface area contributed by atoms with Crippen molar-refractivity contribution in [2.45, 2.75) is 19.9 Å². The first-order valence-corrected chi connectivity index (χ1v) is 7.33. The number of carbonyl (C=O) groups excluding carboxylic acids is 1. The molecule has 0 radical (unpaired) electrons. The summed E-state index contributed by atoms with van der Waals surface area (Å²) < 4.78 is 10.8. The van der Waals surface area contributed by atoms with Gasteiger partial charge in [0.2, 0.25) is 0 Å². The zero-order valence-corrected chi connectivity index (χ0v) is 12.8. The number of rotatable bonds is 5. The minimum Gasteiger partial charge on any atom is -0.493 e. The van der Waals surface area contributed by atoms with Crippen LogP contribution in [0.2, 0.25) is 0 Å². The molecule has 1 atom stereocenters. The third kappa shape index (κ3) is 3.98. The fourth-order valence-corrected chi connectivity index (χ4v) is 2.20. The first kappa shape index (κ1) is 16.3. The molecule has 22 heavy (non-hydrogen) atoms. The van der Waals surface area contributed by atoms with Crippen LogP contribution in [-0.4, -0.2) is 54.3 Å². The molecule has 6 nitrogen and oxygen atoms in total. The molecule has 1 aromatic carbocycles. The number of carbonyl (C=O) groups is 2. The van der Waals surface area contributed by atoms with Crippen molar-refractivity contribution in [3.8, 4) is 5.75 Å². The van der Waals surface area contributed by atoms with Crippen molar-refractivity contribution in [1.82, 2.24) is 4.90 Å². The van der Waals surface area contributed by atoms with Crippen molar-refractivity contribution in [3.63, 3.8) is 0 Å². The van der Waals surface area contributed by atoms with Gasteiger partial charge in [0, 0.05) is 12.1 Å². The minimum atomic E-state index is -1.06. The van der Waals surface area contributed by atoms with Crippen molar-refractivity contribution >= 4 is 11.9 Å². The Morgan fingerprint density at radius 2 is 2.23 bits per heavy atom. The van der Waals surface area contributed by atoms with Gasteiger partial charge in [-0.05, 0) is 24.1 Å². The lowest BCUT2D eigenvalue weighted by Gasteiger charge is -2.32. The van der Waals surface area contributed by atoms with Gasteiger partial charge in [0.1, 0.15) is 5.75 Å². The van der Waals surface area contributed by atoms with Gasteiger partial charge in [-0.2, -0.15) is 0 Å². The molecule has 1 aliphatic rings. The lowest BCUT2D eigenvalue weighted by molar-refractivity contribution is -0.147. The molecular formula is C16H21NO5. The minimum absolute atomic E-state index is 0.0185. The number of aliphatic carboxylic acids is 1. The Hall–Kier alpha value is -2.08. The van der Waals surface area contributed by atoms with E-state index in [0.29, 0.717) is 30.4 Å². The highest BCUT2D eigenvalue weighted by Gasteiger charge is 2.33. The van der Waals surface area contributed by atoms with Crippen molar-refractivity contribution in [3.05, 3.63) is 29.8 Å². The maximum Gasteiger partial charge on any atom is 0.328 e. The maximum atomic E-state index is 12.6. The smallest absolute Gasteiger partial charge is 0.328 e. The van der Waals surface area contributed by atoms with Crippen LogP contribution in [0, 0.1) is 5.92 Å². The molecule has 0 bridgehead atoms. The fraction of sp³-hybridized carbons (Fsp3) is 0.500. The number of carboxylic acid groups (broad SMARTS) is 1. The molecule has 6 heteroatoms. The second-order valence-electron chi connectivity index (χ2n) is 5.66. The molecule has 1 aliphatic heterocycles. The number of benzene rings is 1. The third-order valence-electron chi connectivity index (χ3n) is 3.34. The number of nitrogens with zero attached hydrogens (tertiary/aromatic N) is 1. The van der Waals surface area contributed by atoms with E-state index >= 15 is 0 Å². The molecule has 1 heterocycles. The highest BCUT2D eigenvalue weighted by atomic mass is 16.5. The summed E-state index contributed by atoms with van der Waals surface area (Å²) in [4.78, 5) is 25.1. The Balaban J connectivity index is 2.14. The van der Waals surface area contributed by atoms with Crippen LogP contribution in [0.15, 0.2) is 24.3 Å². The number of hydrogen-bond acceptors (Lipinski definition) is 4. The van der Waals surface area contributed by atoms with Crippen LogP contribution in [0.4, 0.5) is 0 Å². The van der Waals surface area contributed by atoms with E-state index in [2.05, 4.69) is 0 Å². The van der Waals surface area contributed by atoms with E-state index in [0.717, 1.165) is 0 Å². The van der Waals surface area contributed by atoms with Crippen molar-refractivity contribution < 1.29 is 24.2 Å². The van der Waals surface area contributed by atoms with E-state index in [1.165, 1.54) is 4.90 Å². The van der Waals surface area contributed by atoms with Gasteiger partial charge in [0.15, 0.2) is 6.04 Å². The SMILES string of the molecule is CC(C)COc1cccc(C(=O)N2CCOCC2C(=O)O)c1. The van der Waals surface area contributed by atoms with Gasteiger partial charge in [0.05, 0.1) is 19.8 Å². The molecule has 0 spiro atoms. The zero-order chi connectivity index (χ0) is 16.1. The highest BCUT2D eigenvalue weighted by Crippen LogP contribution is 2.18. The first-order valence-electron chi connectivity index (χ1n) is 7.33. The number of morpholine rings is 1. The number of ether oxygens (including phenoxy) is 2. The summed E-state index contributed by atoms with van der Waals surface area (Å²) in [6.45, 7) is 5.28. The highest BCUT2D eigenvalue weighted by molar-refractivity contribution is 5.97. The van der Waals surface area contributed by atoms with Gasteiger partial charge in [0.25, 0.3) is 5.91 Å². The lowest BCUT2D eigenvalue weighted by atomic mass is 10.1. The van der Waals surface area contributed by atoms with E-state index in [9.17, 15) is 14.7 Å². The van der Waals surface area contributed by atoms with Crippen LogP contribution in [0.5, 0.6) is 5.75 Å². The normalized spacial score (nSPS) is 18.3. The molecule has 1 N–H and O–H groups in total. The molecule has 2 rings (SSSR count). The number of hydrogen-bond donors (Lipinski definition) is 1. The second kappa shape index (κ2) is 7.26. The largest absolute Gasteiger partial charge is 0.493 e. The molecule has 1 amide bonds. The van der Waals surface area contributed by atoms with Crippen LogP contribution in [-0.2, 0) is 9.53 Å². The molecule has 0 saturated carbocycles. The summed E-state index contributed by atoms with van der Waals surface area (Å²) >= 11 is 0. The summed E-state index contributed by atoms with van der Waals surface area (Å²) in [5, 5.41) is 9.21. The van der Waals surface area contributed by atoms with Crippen molar-refractivity contribution in [1.29, 1.82) is 0 Å². The van der Waals surface area contributed by atoms with Crippen LogP contribution in [0.1, 0.15) is 24.2 Å². The Bertz CT molecular complexity index is 543. The van der Waals surface area contributed by atoms with E-state index in [1.54, 1.807) is 24.3 Å². The van der Waals surface area contributed by atoms with E-state index < -0.39 is 12.0 Å². The molecule has 120 valence electrons. The Kier molecular flexibility index (Phi) is 5.38. The predicted molar refractivity (Wildman–Crippen MR) is 80.1 cm³/mol. The second-order valence-corrected chi connectivity index (χ2v) is 5.66. The molecule has 0 aliphatic carbocycles. The maximum absolute atomic E-state index is 12.6. The Morgan fingerprint density at radius 3 is 2.91 bits per heavy atom. The monoisotopic (exact) mass is 307 g/mol. The van der Waals surface area contributed by atoms with Gasteiger partial charge in [-0.25, -0.2) is 4.79 Å². The van der Waals surface area contributed by atoms with Crippen molar-refractivity contribution in [2.75, 3.05) is 26.4 Å². The van der Waals surface area contributed by atoms with Crippen LogP contribution in [0.25, 0.3) is 0 Å². The molecule has 1 unspecified atom stereocenters. The van der Waals surface area contributed by atoms with E-state index in [-0.39, 0.29) is 19.1 Å². The van der Waals surface area contributed by atoms with Gasteiger partial charge in [-0.15, -0.1) is 0 Å². The number of carboxylic acids is 1. The predicted octanol–water partition coefficient (Wildman–Crippen LogP) is 1.65. The van der Waals surface area contributed by atoms with Crippen molar-refractivity contribution in [2.24, 2.45) is 5.92 Å².